The maximum Gasteiger partial charge on any atom is 0.218 e. The highest BCUT2D eigenvalue weighted by atomic mass is 32.2. The maximum absolute atomic E-state index is 12.6. The van der Waals surface area contributed by atoms with Gasteiger partial charge in [-0.3, -0.25) is 0 Å². The van der Waals surface area contributed by atoms with Crippen LogP contribution in [0.2, 0.25) is 0 Å². The minimum atomic E-state index is -3.38. The van der Waals surface area contributed by atoms with Gasteiger partial charge in [0.15, 0.2) is 0 Å². The molecule has 1 aliphatic heterocycles. The van der Waals surface area contributed by atoms with E-state index in [4.69, 9.17) is 5.73 Å². The summed E-state index contributed by atoms with van der Waals surface area (Å²) in [6.07, 6.45) is 1.80. The number of hydrogen-bond acceptors (Lipinski definition) is 4. The molecule has 0 aromatic heterocycles. The summed E-state index contributed by atoms with van der Waals surface area (Å²) in [6, 6.07) is 7.37. The predicted molar refractivity (Wildman–Crippen MR) is 83.0 cm³/mol. The standard InChI is InChI=1S/C15H24N2O3S/c1-15(18)7-4-9-17(10-8-15)21(19,20)12-14-6-3-2-5-13(14)11-16/h2-3,5-6,18H,4,7-12,16H2,1H3. The van der Waals surface area contributed by atoms with Crippen LogP contribution in [0, 0.1) is 0 Å². The Morgan fingerprint density at radius 1 is 1.24 bits per heavy atom. The summed E-state index contributed by atoms with van der Waals surface area (Å²) in [6.45, 7) is 2.96. The number of sulfonamides is 1. The van der Waals surface area contributed by atoms with Crippen LogP contribution in [0.1, 0.15) is 37.3 Å². The van der Waals surface area contributed by atoms with Crippen molar-refractivity contribution >= 4 is 10.0 Å². The third-order valence-electron chi connectivity index (χ3n) is 4.09. The summed E-state index contributed by atoms with van der Waals surface area (Å²) in [5.74, 6) is -0.0253. The molecule has 1 saturated heterocycles. The highest BCUT2D eigenvalue weighted by Gasteiger charge is 2.30. The molecule has 1 aromatic rings. The first kappa shape index (κ1) is 16.4. The average molecular weight is 312 g/mol. The van der Waals surface area contributed by atoms with Gasteiger partial charge in [-0.2, -0.15) is 0 Å². The first-order valence-corrected chi connectivity index (χ1v) is 8.92. The minimum Gasteiger partial charge on any atom is -0.390 e. The lowest BCUT2D eigenvalue weighted by Crippen LogP contribution is -2.34. The largest absolute Gasteiger partial charge is 0.390 e. The number of nitrogens with zero attached hydrogens (tertiary/aromatic N) is 1. The Balaban J connectivity index is 2.15. The number of benzene rings is 1. The normalized spacial score (nSPS) is 24.7. The van der Waals surface area contributed by atoms with Gasteiger partial charge < -0.3 is 10.8 Å². The molecular weight excluding hydrogens is 288 g/mol. The molecular formula is C15H24N2O3S. The van der Waals surface area contributed by atoms with Crippen LogP contribution in [-0.2, 0) is 22.3 Å². The second kappa shape index (κ2) is 6.44. The monoisotopic (exact) mass is 312 g/mol. The highest BCUT2D eigenvalue weighted by molar-refractivity contribution is 7.88. The maximum atomic E-state index is 12.6. The van der Waals surface area contributed by atoms with Crippen LogP contribution in [0.5, 0.6) is 0 Å². The van der Waals surface area contributed by atoms with Gasteiger partial charge in [-0.1, -0.05) is 24.3 Å². The number of hydrogen-bond donors (Lipinski definition) is 2. The quantitative estimate of drug-likeness (QED) is 0.875. The molecule has 0 spiro atoms. The topological polar surface area (TPSA) is 83.6 Å². The van der Waals surface area contributed by atoms with Crippen molar-refractivity contribution in [3.63, 3.8) is 0 Å². The average Bonchev–Trinajstić information content (AvgIpc) is 2.60. The summed E-state index contributed by atoms with van der Waals surface area (Å²) < 4.78 is 26.7. The van der Waals surface area contributed by atoms with Gasteiger partial charge in [0.05, 0.1) is 11.4 Å². The Morgan fingerprint density at radius 3 is 2.57 bits per heavy atom. The molecule has 0 saturated carbocycles. The van der Waals surface area contributed by atoms with Crippen LogP contribution in [0.15, 0.2) is 24.3 Å². The zero-order valence-electron chi connectivity index (χ0n) is 12.5. The van der Waals surface area contributed by atoms with Gasteiger partial charge in [-0.15, -0.1) is 0 Å². The van der Waals surface area contributed by atoms with Gasteiger partial charge >= 0.3 is 0 Å². The molecule has 1 heterocycles. The molecule has 0 aliphatic carbocycles. The van der Waals surface area contributed by atoms with Crippen LogP contribution in [-0.4, -0.2) is 36.5 Å². The molecule has 1 atom stereocenters. The van der Waals surface area contributed by atoms with Crippen molar-refractivity contribution in [3.8, 4) is 0 Å². The fourth-order valence-corrected chi connectivity index (χ4v) is 4.34. The first-order valence-electron chi connectivity index (χ1n) is 7.31. The Labute approximate surface area is 126 Å². The van der Waals surface area contributed by atoms with E-state index in [0.717, 1.165) is 11.1 Å². The molecule has 5 nitrogen and oxygen atoms in total. The molecule has 1 aliphatic rings. The van der Waals surface area contributed by atoms with Crippen molar-refractivity contribution in [2.24, 2.45) is 5.73 Å². The van der Waals surface area contributed by atoms with Crippen molar-refractivity contribution in [2.75, 3.05) is 13.1 Å². The summed E-state index contributed by atoms with van der Waals surface area (Å²) >= 11 is 0. The third-order valence-corrected chi connectivity index (χ3v) is 5.92. The highest BCUT2D eigenvalue weighted by Crippen LogP contribution is 2.24. The van der Waals surface area contributed by atoms with Crippen molar-refractivity contribution < 1.29 is 13.5 Å². The van der Waals surface area contributed by atoms with Crippen LogP contribution in [0.25, 0.3) is 0 Å². The zero-order valence-corrected chi connectivity index (χ0v) is 13.3. The van der Waals surface area contributed by atoms with E-state index in [0.29, 0.717) is 38.9 Å². The fraction of sp³-hybridized carbons (Fsp3) is 0.600. The Kier molecular flexibility index (Phi) is 5.03. The fourth-order valence-electron chi connectivity index (χ4n) is 2.70. The van der Waals surface area contributed by atoms with E-state index in [9.17, 15) is 13.5 Å². The molecule has 2 rings (SSSR count). The summed E-state index contributed by atoms with van der Waals surface area (Å²) in [5.41, 5.74) is 6.53. The van der Waals surface area contributed by atoms with Crippen LogP contribution < -0.4 is 5.73 Å². The lowest BCUT2D eigenvalue weighted by Gasteiger charge is -2.22. The Bertz CT molecular complexity index is 584. The number of aliphatic hydroxyl groups is 1. The van der Waals surface area contributed by atoms with Gasteiger partial charge in [0.1, 0.15) is 0 Å². The second-order valence-electron chi connectivity index (χ2n) is 5.98. The van der Waals surface area contributed by atoms with E-state index >= 15 is 0 Å². The molecule has 1 aromatic carbocycles. The Morgan fingerprint density at radius 2 is 1.90 bits per heavy atom. The summed E-state index contributed by atoms with van der Waals surface area (Å²) in [5, 5.41) is 10.1. The molecule has 6 heteroatoms. The summed E-state index contributed by atoms with van der Waals surface area (Å²) in [7, 11) is -3.38. The van der Waals surface area contributed by atoms with Gasteiger partial charge in [-0.05, 0) is 37.3 Å². The van der Waals surface area contributed by atoms with Gasteiger partial charge in [0.2, 0.25) is 10.0 Å². The van der Waals surface area contributed by atoms with E-state index in [2.05, 4.69) is 0 Å². The number of rotatable bonds is 4. The SMILES string of the molecule is CC1(O)CCCN(S(=O)(=O)Cc2ccccc2CN)CC1. The van der Waals surface area contributed by atoms with Crippen molar-refractivity contribution in [1.29, 1.82) is 0 Å². The minimum absolute atomic E-state index is 0.0253. The van der Waals surface area contributed by atoms with E-state index in [1.807, 2.05) is 24.3 Å². The summed E-state index contributed by atoms with van der Waals surface area (Å²) in [4.78, 5) is 0. The van der Waals surface area contributed by atoms with E-state index in [1.165, 1.54) is 4.31 Å². The molecule has 21 heavy (non-hydrogen) atoms. The van der Waals surface area contributed by atoms with Crippen LogP contribution in [0.3, 0.4) is 0 Å². The van der Waals surface area contributed by atoms with Gasteiger partial charge in [-0.25, -0.2) is 12.7 Å². The molecule has 0 radical (unpaired) electrons. The first-order chi connectivity index (χ1) is 9.84. The van der Waals surface area contributed by atoms with E-state index in [-0.39, 0.29) is 5.75 Å². The lowest BCUT2D eigenvalue weighted by molar-refractivity contribution is 0.0465. The lowest BCUT2D eigenvalue weighted by atomic mass is 9.98. The molecule has 1 unspecified atom stereocenters. The Hall–Kier alpha value is -0.950. The molecule has 0 bridgehead atoms. The molecule has 0 amide bonds. The zero-order chi connectivity index (χ0) is 15.5. The van der Waals surface area contributed by atoms with Crippen molar-refractivity contribution in [3.05, 3.63) is 35.4 Å². The number of nitrogens with two attached hydrogens (primary N) is 1. The van der Waals surface area contributed by atoms with E-state index < -0.39 is 15.6 Å². The molecule has 1 fully saturated rings. The predicted octanol–water partition coefficient (Wildman–Crippen LogP) is 1.21. The van der Waals surface area contributed by atoms with Crippen molar-refractivity contribution in [2.45, 2.75) is 44.1 Å². The molecule has 118 valence electrons. The van der Waals surface area contributed by atoms with Crippen LogP contribution >= 0.6 is 0 Å². The van der Waals surface area contributed by atoms with Gasteiger partial charge in [0.25, 0.3) is 0 Å². The third kappa shape index (κ3) is 4.26. The smallest absolute Gasteiger partial charge is 0.218 e. The second-order valence-corrected chi connectivity index (χ2v) is 7.95. The van der Waals surface area contributed by atoms with Gasteiger partial charge in [0, 0.05) is 19.6 Å². The van der Waals surface area contributed by atoms with E-state index in [1.54, 1.807) is 6.92 Å². The molecule has 3 N–H and O–H groups in total. The van der Waals surface area contributed by atoms with Crippen LogP contribution in [0.4, 0.5) is 0 Å². The van der Waals surface area contributed by atoms with Crippen molar-refractivity contribution in [1.82, 2.24) is 4.31 Å².